The van der Waals surface area contributed by atoms with Crippen molar-refractivity contribution < 1.29 is 8.42 Å². The second-order valence-electron chi connectivity index (χ2n) is 6.74. The maximum atomic E-state index is 11.2. The molecule has 6 heteroatoms. The van der Waals surface area contributed by atoms with Gasteiger partial charge < -0.3 is 4.98 Å². The highest BCUT2D eigenvalue weighted by molar-refractivity contribution is 7.88. The molecule has 1 saturated heterocycles. The number of hydrogen-bond acceptors (Lipinski definition) is 3. The number of sulfonamides is 1. The Bertz CT molecular complexity index is 811. The summed E-state index contributed by atoms with van der Waals surface area (Å²) in [5.41, 5.74) is 5.09. The fraction of sp³-hybridized carbons (Fsp3) is 0.529. The second kappa shape index (κ2) is 6.26. The first kappa shape index (κ1) is 16.5. The van der Waals surface area contributed by atoms with E-state index in [9.17, 15) is 8.42 Å². The number of rotatable bonds is 5. The van der Waals surface area contributed by atoms with Crippen molar-refractivity contribution in [3.05, 3.63) is 35.0 Å². The quantitative estimate of drug-likeness (QED) is 0.880. The molecule has 3 rings (SSSR count). The number of para-hydroxylation sites is 1. The Morgan fingerprint density at radius 3 is 2.83 bits per heavy atom. The van der Waals surface area contributed by atoms with Crippen LogP contribution in [0.2, 0.25) is 0 Å². The van der Waals surface area contributed by atoms with Gasteiger partial charge in [0.25, 0.3) is 0 Å². The fourth-order valence-corrected chi connectivity index (χ4v) is 3.97. The molecule has 0 aliphatic carbocycles. The molecule has 1 aliphatic rings. The first-order valence-electron chi connectivity index (χ1n) is 8.07. The van der Waals surface area contributed by atoms with Gasteiger partial charge >= 0.3 is 0 Å². The van der Waals surface area contributed by atoms with Crippen molar-refractivity contribution in [2.45, 2.75) is 26.8 Å². The van der Waals surface area contributed by atoms with Gasteiger partial charge in [-0.15, -0.1) is 0 Å². The Balaban J connectivity index is 1.67. The lowest BCUT2D eigenvalue weighted by molar-refractivity contribution is 0.313. The lowest BCUT2D eigenvalue weighted by Gasteiger charge is -2.16. The Kier molecular flexibility index (Phi) is 4.49. The molecular weight excluding hydrogens is 310 g/mol. The van der Waals surface area contributed by atoms with Crippen LogP contribution in [0.3, 0.4) is 0 Å². The number of nitrogens with one attached hydrogen (secondary N) is 2. The summed E-state index contributed by atoms with van der Waals surface area (Å²) in [4.78, 5) is 5.98. The summed E-state index contributed by atoms with van der Waals surface area (Å²) in [6.45, 7) is 7.70. The van der Waals surface area contributed by atoms with Gasteiger partial charge in [0.15, 0.2) is 0 Å². The van der Waals surface area contributed by atoms with E-state index < -0.39 is 10.0 Å². The van der Waals surface area contributed by atoms with E-state index in [1.165, 1.54) is 34.0 Å². The molecule has 23 heavy (non-hydrogen) atoms. The molecule has 0 saturated carbocycles. The van der Waals surface area contributed by atoms with Crippen LogP contribution in [0, 0.1) is 19.8 Å². The first-order valence-corrected chi connectivity index (χ1v) is 9.96. The van der Waals surface area contributed by atoms with Gasteiger partial charge in [0, 0.05) is 36.2 Å². The summed E-state index contributed by atoms with van der Waals surface area (Å²) < 4.78 is 25.0. The van der Waals surface area contributed by atoms with E-state index in [-0.39, 0.29) is 0 Å². The molecule has 5 nitrogen and oxygen atoms in total. The third kappa shape index (κ3) is 3.76. The molecule has 1 unspecified atom stereocenters. The Morgan fingerprint density at radius 2 is 2.13 bits per heavy atom. The molecule has 0 radical (unpaired) electrons. The molecule has 1 aromatic carbocycles. The van der Waals surface area contributed by atoms with Gasteiger partial charge in [-0.05, 0) is 43.9 Å². The van der Waals surface area contributed by atoms with Crippen molar-refractivity contribution in [3.63, 3.8) is 0 Å². The summed E-state index contributed by atoms with van der Waals surface area (Å²) in [6, 6.07) is 6.40. The van der Waals surface area contributed by atoms with Gasteiger partial charge in [-0.25, -0.2) is 13.1 Å². The van der Waals surface area contributed by atoms with Crippen molar-refractivity contribution in [3.8, 4) is 0 Å². The van der Waals surface area contributed by atoms with E-state index in [0.717, 1.165) is 26.1 Å². The van der Waals surface area contributed by atoms with Crippen LogP contribution in [0.5, 0.6) is 0 Å². The summed E-state index contributed by atoms with van der Waals surface area (Å²) in [5.74, 6) is 0.399. The van der Waals surface area contributed by atoms with Crippen molar-refractivity contribution in [1.29, 1.82) is 0 Å². The number of aryl methyl sites for hydroxylation is 2. The second-order valence-corrected chi connectivity index (χ2v) is 8.57. The van der Waals surface area contributed by atoms with Crippen molar-refractivity contribution >= 4 is 20.9 Å². The number of H-pyrrole nitrogens is 1. The standard InChI is InChI=1S/C17H25N3O2S/c1-12-5-4-6-15-13(2)16(19-17(12)15)11-20-8-7-14(10-20)9-18-23(3,21)22/h4-6,14,18-19H,7-11H2,1-3H3. The number of nitrogens with zero attached hydrogens (tertiary/aromatic N) is 1. The van der Waals surface area contributed by atoms with Crippen LogP contribution in [0.1, 0.15) is 23.2 Å². The van der Waals surface area contributed by atoms with Crippen LogP contribution in [0.15, 0.2) is 18.2 Å². The molecule has 0 amide bonds. The SMILES string of the molecule is Cc1c(CN2CCC(CNS(C)(=O)=O)C2)[nH]c2c(C)cccc12. The largest absolute Gasteiger partial charge is 0.357 e. The highest BCUT2D eigenvalue weighted by Crippen LogP contribution is 2.26. The van der Waals surface area contributed by atoms with Crippen LogP contribution in [-0.4, -0.2) is 44.2 Å². The normalized spacial score (nSPS) is 19.7. The Labute approximate surface area is 138 Å². The number of hydrogen-bond donors (Lipinski definition) is 2. The van der Waals surface area contributed by atoms with Gasteiger partial charge in [0.1, 0.15) is 0 Å². The zero-order valence-electron chi connectivity index (χ0n) is 14.0. The molecular formula is C17H25N3O2S. The van der Waals surface area contributed by atoms with Gasteiger partial charge in [-0.2, -0.15) is 0 Å². The predicted octanol–water partition coefficient (Wildman–Crippen LogP) is 2.16. The summed E-state index contributed by atoms with van der Waals surface area (Å²) >= 11 is 0. The van der Waals surface area contributed by atoms with Crippen LogP contribution in [0.25, 0.3) is 10.9 Å². The van der Waals surface area contributed by atoms with E-state index in [4.69, 9.17) is 0 Å². The van der Waals surface area contributed by atoms with Crippen LogP contribution < -0.4 is 4.72 Å². The highest BCUT2D eigenvalue weighted by Gasteiger charge is 2.24. The number of fused-ring (bicyclic) bond motifs is 1. The van der Waals surface area contributed by atoms with E-state index in [2.05, 4.69) is 46.7 Å². The molecule has 2 heterocycles. The van der Waals surface area contributed by atoms with E-state index >= 15 is 0 Å². The van der Waals surface area contributed by atoms with Crippen molar-refractivity contribution in [1.82, 2.24) is 14.6 Å². The van der Waals surface area contributed by atoms with Crippen molar-refractivity contribution in [2.24, 2.45) is 5.92 Å². The van der Waals surface area contributed by atoms with E-state index in [1.807, 2.05) is 0 Å². The number of benzene rings is 1. The van der Waals surface area contributed by atoms with Gasteiger partial charge in [-0.3, -0.25) is 4.90 Å². The third-order valence-electron chi connectivity index (χ3n) is 4.79. The van der Waals surface area contributed by atoms with Crippen LogP contribution in [0.4, 0.5) is 0 Å². The van der Waals surface area contributed by atoms with Crippen molar-refractivity contribution in [2.75, 3.05) is 25.9 Å². The monoisotopic (exact) mass is 335 g/mol. The Hall–Kier alpha value is -1.37. The van der Waals surface area contributed by atoms with E-state index in [1.54, 1.807) is 0 Å². The minimum Gasteiger partial charge on any atom is -0.357 e. The molecule has 2 N–H and O–H groups in total. The predicted molar refractivity (Wildman–Crippen MR) is 94.0 cm³/mol. The molecule has 1 fully saturated rings. The molecule has 1 aromatic heterocycles. The highest BCUT2D eigenvalue weighted by atomic mass is 32.2. The first-order chi connectivity index (χ1) is 10.8. The Morgan fingerprint density at radius 1 is 1.35 bits per heavy atom. The smallest absolute Gasteiger partial charge is 0.208 e. The molecule has 126 valence electrons. The lowest BCUT2D eigenvalue weighted by atomic mass is 10.1. The minimum absolute atomic E-state index is 0.399. The van der Waals surface area contributed by atoms with Crippen LogP contribution in [-0.2, 0) is 16.6 Å². The number of aromatic nitrogens is 1. The fourth-order valence-electron chi connectivity index (χ4n) is 3.43. The third-order valence-corrected chi connectivity index (χ3v) is 5.48. The van der Waals surface area contributed by atoms with Crippen LogP contribution >= 0.6 is 0 Å². The van der Waals surface area contributed by atoms with E-state index in [0.29, 0.717) is 12.5 Å². The van der Waals surface area contributed by atoms with Gasteiger partial charge in [0.05, 0.1) is 6.26 Å². The zero-order chi connectivity index (χ0) is 16.6. The lowest BCUT2D eigenvalue weighted by Crippen LogP contribution is -2.30. The minimum atomic E-state index is -3.09. The summed E-state index contributed by atoms with van der Waals surface area (Å²) in [7, 11) is -3.09. The average molecular weight is 335 g/mol. The molecule has 1 aliphatic heterocycles. The molecule has 2 aromatic rings. The van der Waals surface area contributed by atoms with Gasteiger partial charge in [0.2, 0.25) is 10.0 Å². The maximum Gasteiger partial charge on any atom is 0.208 e. The molecule has 0 spiro atoms. The molecule has 1 atom stereocenters. The maximum absolute atomic E-state index is 11.2. The van der Waals surface area contributed by atoms with Gasteiger partial charge in [-0.1, -0.05) is 18.2 Å². The molecule has 0 bridgehead atoms. The number of aromatic amines is 1. The average Bonchev–Trinajstić information content (AvgIpc) is 3.04. The summed E-state index contributed by atoms with van der Waals surface area (Å²) in [5, 5.41) is 1.30. The topological polar surface area (TPSA) is 65.2 Å². The summed E-state index contributed by atoms with van der Waals surface area (Å²) in [6.07, 6.45) is 2.26. The number of likely N-dealkylation sites (tertiary alicyclic amines) is 1. The zero-order valence-corrected chi connectivity index (χ0v) is 14.8.